The Balaban J connectivity index is 1.85. The van der Waals surface area contributed by atoms with Crippen molar-refractivity contribution in [3.05, 3.63) is 102 Å². The summed E-state index contributed by atoms with van der Waals surface area (Å²) >= 11 is 0. The molecule has 0 saturated heterocycles. The number of amides is 2. The zero-order valence-electron chi connectivity index (χ0n) is 21.9. The van der Waals surface area contributed by atoms with Crippen molar-refractivity contribution in [2.45, 2.75) is 51.5 Å². The summed E-state index contributed by atoms with van der Waals surface area (Å²) in [5, 5.41) is 14.3. The molecule has 0 aliphatic heterocycles. The normalized spacial score (nSPS) is 14.6. The third kappa shape index (κ3) is 9.33. The molecule has 0 saturated carbocycles. The molecule has 3 N–H and O–H groups in total. The van der Waals surface area contributed by atoms with Crippen molar-refractivity contribution in [2.75, 3.05) is 13.6 Å². The fourth-order valence-corrected chi connectivity index (χ4v) is 4.09. The fourth-order valence-electron chi connectivity index (χ4n) is 4.09. The Hall–Kier alpha value is -3.75. The Bertz CT molecular complexity index is 1140. The summed E-state index contributed by atoms with van der Waals surface area (Å²) in [7, 11) is 1.84. The number of benzene rings is 2. The van der Waals surface area contributed by atoms with Crippen molar-refractivity contribution < 1.29 is 24.0 Å². The standard InChI is InChI=1S/C29H36N4O4/c1-29(2,3)37-28(36)31-25(18-22-12-7-5-8-13-22)26(34)21-33(4,20-23-14-9-6-10-15-23)32-27(35)24-16-11-17-30-19-24/h5-17,19,25-26,34H,18,20-21H2,1-4H3,(H-,31,32,35,36)/p+1/t25-,26-,33?/m0/s1. The Morgan fingerprint density at radius 2 is 1.59 bits per heavy atom. The van der Waals surface area contributed by atoms with Gasteiger partial charge in [-0.25, -0.2) is 9.39 Å². The molecule has 2 amide bonds. The van der Waals surface area contributed by atoms with Crippen LogP contribution in [0.25, 0.3) is 0 Å². The van der Waals surface area contributed by atoms with E-state index in [1.807, 2.05) is 67.7 Å². The first kappa shape index (κ1) is 27.8. The zero-order valence-corrected chi connectivity index (χ0v) is 21.9. The maximum Gasteiger partial charge on any atom is 0.407 e. The lowest BCUT2D eigenvalue weighted by atomic mass is 10.0. The maximum absolute atomic E-state index is 13.1. The largest absolute Gasteiger partial charge is 0.444 e. The predicted molar refractivity (Wildman–Crippen MR) is 142 cm³/mol. The Morgan fingerprint density at radius 3 is 2.16 bits per heavy atom. The average molecular weight is 506 g/mol. The molecular weight excluding hydrogens is 468 g/mol. The first-order valence-corrected chi connectivity index (χ1v) is 12.4. The van der Waals surface area contributed by atoms with Gasteiger partial charge in [0.1, 0.15) is 24.8 Å². The highest BCUT2D eigenvalue weighted by molar-refractivity contribution is 5.92. The Morgan fingerprint density at radius 1 is 0.973 bits per heavy atom. The Kier molecular flexibility index (Phi) is 9.38. The summed E-state index contributed by atoms with van der Waals surface area (Å²) in [5.74, 6) is -0.307. The number of quaternary nitrogens is 1. The lowest BCUT2D eigenvalue weighted by Crippen LogP contribution is -2.62. The van der Waals surface area contributed by atoms with Crippen LogP contribution in [0.2, 0.25) is 0 Å². The number of pyridine rings is 1. The second-order valence-electron chi connectivity index (χ2n) is 10.4. The smallest absolute Gasteiger partial charge is 0.407 e. The van der Waals surface area contributed by atoms with E-state index in [9.17, 15) is 14.7 Å². The van der Waals surface area contributed by atoms with Gasteiger partial charge in [0.25, 0.3) is 5.91 Å². The summed E-state index contributed by atoms with van der Waals surface area (Å²) in [6, 6.07) is 22.1. The highest BCUT2D eigenvalue weighted by Crippen LogP contribution is 2.16. The minimum Gasteiger partial charge on any atom is -0.444 e. The summed E-state index contributed by atoms with van der Waals surface area (Å²) in [5.41, 5.74) is 4.74. The van der Waals surface area contributed by atoms with E-state index < -0.39 is 23.8 Å². The van der Waals surface area contributed by atoms with Gasteiger partial charge in [0.15, 0.2) is 0 Å². The third-order valence-electron chi connectivity index (χ3n) is 5.72. The monoisotopic (exact) mass is 505 g/mol. The van der Waals surface area contributed by atoms with Gasteiger partial charge in [-0.1, -0.05) is 60.7 Å². The number of nitrogens with one attached hydrogen (secondary N) is 2. The molecule has 1 unspecified atom stereocenters. The summed E-state index contributed by atoms with van der Waals surface area (Å²) in [6.45, 7) is 5.92. The number of hydrogen-bond donors (Lipinski definition) is 3. The molecule has 1 heterocycles. The van der Waals surface area contributed by atoms with Crippen LogP contribution < -0.4 is 10.7 Å². The molecule has 0 aliphatic rings. The van der Waals surface area contributed by atoms with E-state index in [4.69, 9.17) is 4.74 Å². The highest BCUT2D eigenvalue weighted by Gasteiger charge is 2.34. The van der Waals surface area contributed by atoms with Crippen LogP contribution in [-0.4, -0.2) is 58.0 Å². The van der Waals surface area contributed by atoms with Gasteiger partial charge in [-0.05, 0) is 44.9 Å². The van der Waals surface area contributed by atoms with Gasteiger partial charge in [-0.3, -0.25) is 9.78 Å². The number of likely N-dealkylation sites (N-methyl/N-ethyl adjacent to an activating group) is 1. The van der Waals surface area contributed by atoms with Crippen molar-refractivity contribution in [2.24, 2.45) is 0 Å². The van der Waals surface area contributed by atoms with Crippen LogP contribution in [0.1, 0.15) is 42.3 Å². The molecule has 0 fully saturated rings. The van der Waals surface area contributed by atoms with Gasteiger partial charge in [-0.2, -0.15) is 5.43 Å². The van der Waals surface area contributed by atoms with Gasteiger partial charge in [-0.15, -0.1) is 0 Å². The minimum atomic E-state index is -1.00. The molecule has 0 bridgehead atoms. The second-order valence-corrected chi connectivity index (χ2v) is 10.4. The molecule has 2 aromatic carbocycles. The molecule has 196 valence electrons. The number of rotatable bonds is 10. The van der Waals surface area contributed by atoms with Crippen LogP contribution in [0, 0.1) is 0 Å². The molecule has 8 heteroatoms. The Labute approximate surface area is 218 Å². The number of carbonyl (C=O) groups excluding carboxylic acids is 2. The van der Waals surface area contributed by atoms with Crippen molar-refractivity contribution >= 4 is 12.0 Å². The van der Waals surface area contributed by atoms with E-state index in [0.29, 0.717) is 18.5 Å². The molecule has 3 aromatic rings. The van der Waals surface area contributed by atoms with E-state index in [-0.39, 0.29) is 17.0 Å². The van der Waals surface area contributed by atoms with Crippen LogP contribution in [0.3, 0.4) is 0 Å². The van der Waals surface area contributed by atoms with Crippen LogP contribution in [-0.2, 0) is 17.7 Å². The van der Waals surface area contributed by atoms with Crippen molar-refractivity contribution in [1.29, 1.82) is 0 Å². The lowest BCUT2D eigenvalue weighted by molar-refractivity contribution is -0.958. The minimum absolute atomic E-state index is 0.000194. The lowest BCUT2D eigenvalue weighted by Gasteiger charge is -2.37. The molecule has 3 rings (SSSR count). The van der Waals surface area contributed by atoms with Crippen LogP contribution in [0.15, 0.2) is 85.2 Å². The summed E-state index contributed by atoms with van der Waals surface area (Å²) in [4.78, 5) is 29.8. The topological polar surface area (TPSA) is 101 Å². The molecule has 0 radical (unpaired) electrons. The van der Waals surface area contributed by atoms with E-state index in [1.165, 1.54) is 6.20 Å². The molecular formula is C29H37N4O4+. The second kappa shape index (κ2) is 12.5. The third-order valence-corrected chi connectivity index (χ3v) is 5.72. The zero-order chi connectivity index (χ0) is 26.9. The van der Waals surface area contributed by atoms with Crippen molar-refractivity contribution in [3.63, 3.8) is 0 Å². The number of nitrogens with zero attached hydrogens (tertiary/aromatic N) is 2. The summed E-state index contributed by atoms with van der Waals surface area (Å²) in [6.07, 6.45) is 1.89. The number of carbonyl (C=O) groups is 2. The molecule has 1 aromatic heterocycles. The predicted octanol–water partition coefficient (Wildman–Crippen LogP) is 3.87. The maximum atomic E-state index is 13.1. The van der Waals surface area contributed by atoms with Crippen LogP contribution >= 0.6 is 0 Å². The van der Waals surface area contributed by atoms with Gasteiger partial charge in [0.2, 0.25) is 0 Å². The van der Waals surface area contributed by atoms with Gasteiger partial charge >= 0.3 is 6.09 Å². The number of aromatic nitrogens is 1. The van der Waals surface area contributed by atoms with Gasteiger partial charge in [0, 0.05) is 18.0 Å². The summed E-state index contributed by atoms with van der Waals surface area (Å²) < 4.78 is 5.46. The molecule has 8 nitrogen and oxygen atoms in total. The van der Waals surface area contributed by atoms with Crippen LogP contribution in [0.5, 0.6) is 0 Å². The number of hydrogen-bond acceptors (Lipinski definition) is 5. The van der Waals surface area contributed by atoms with Crippen molar-refractivity contribution in [3.8, 4) is 0 Å². The van der Waals surface area contributed by atoms with Crippen LogP contribution in [0.4, 0.5) is 4.79 Å². The first-order chi connectivity index (χ1) is 17.5. The number of aliphatic hydroxyl groups is 1. The van der Waals surface area contributed by atoms with E-state index in [2.05, 4.69) is 15.7 Å². The first-order valence-electron chi connectivity index (χ1n) is 12.4. The SMILES string of the molecule is CC(C)(C)OC(=O)N[C@@H](Cc1ccccc1)[C@@H](O)C[N+](C)(Cc1ccccc1)NC(=O)c1cccnc1. The average Bonchev–Trinajstić information content (AvgIpc) is 2.84. The van der Waals surface area contributed by atoms with E-state index >= 15 is 0 Å². The molecule has 3 atom stereocenters. The number of aliphatic hydroxyl groups excluding tert-OH is 1. The van der Waals surface area contributed by atoms with E-state index in [1.54, 1.807) is 39.1 Å². The molecule has 37 heavy (non-hydrogen) atoms. The van der Waals surface area contributed by atoms with Gasteiger partial charge in [0.05, 0.1) is 18.7 Å². The molecule has 0 aliphatic carbocycles. The number of alkyl carbamates (subject to hydrolysis) is 1. The number of ether oxygens (including phenoxy) is 1. The van der Waals surface area contributed by atoms with Crippen molar-refractivity contribution in [1.82, 2.24) is 15.7 Å². The van der Waals surface area contributed by atoms with Gasteiger partial charge < -0.3 is 15.2 Å². The quantitative estimate of drug-likeness (QED) is 0.287. The fraction of sp³-hybridized carbons (Fsp3) is 0.345. The highest BCUT2D eigenvalue weighted by atomic mass is 16.6. The molecule has 0 spiro atoms. The van der Waals surface area contributed by atoms with E-state index in [0.717, 1.165) is 11.1 Å².